The Hall–Kier alpha value is -3.25. The predicted octanol–water partition coefficient (Wildman–Crippen LogP) is 4.65. The molecule has 1 amide bonds. The van der Waals surface area contributed by atoms with Gasteiger partial charge in [-0.1, -0.05) is 42.1 Å². The van der Waals surface area contributed by atoms with Gasteiger partial charge in [-0.05, 0) is 42.5 Å². The van der Waals surface area contributed by atoms with Crippen molar-refractivity contribution in [1.82, 2.24) is 0 Å². The molecule has 2 N–H and O–H groups in total. The van der Waals surface area contributed by atoms with E-state index in [9.17, 15) is 9.59 Å². The Morgan fingerprint density at radius 2 is 1.54 bits per heavy atom. The average molecular weight is 390 g/mol. The zero-order chi connectivity index (χ0) is 19.5. The molecule has 3 aromatic carbocycles. The molecule has 4 rings (SSSR count). The molecule has 0 atom stereocenters. The first-order valence-corrected chi connectivity index (χ1v) is 9.66. The third kappa shape index (κ3) is 3.59. The first-order chi connectivity index (χ1) is 13.6. The smallest absolute Gasteiger partial charge is 0.338 e. The Kier molecular flexibility index (Phi) is 5.04. The lowest BCUT2D eigenvalue weighted by Crippen LogP contribution is -2.29. The average Bonchev–Trinajstić information content (AvgIpc) is 2.71. The minimum absolute atomic E-state index is 0.000439. The normalized spacial score (nSPS) is 12.1. The molecule has 140 valence electrons. The number of nitrogens with two attached hydrogens (primary N) is 1. The summed E-state index contributed by atoms with van der Waals surface area (Å²) in [4.78, 5) is 28.9. The molecule has 1 aliphatic heterocycles. The summed E-state index contributed by atoms with van der Waals surface area (Å²) in [6.07, 6.45) is 0.0847. The van der Waals surface area contributed by atoms with Crippen molar-refractivity contribution in [3.05, 3.63) is 78.4 Å². The number of anilines is 3. The largest absolute Gasteiger partial charge is 0.462 e. The lowest BCUT2D eigenvalue weighted by molar-refractivity contribution is -0.118. The Labute approximate surface area is 167 Å². The van der Waals surface area contributed by atoms with Crippen LogP contribution in [0.25, 0.3) is 0 Å². The van der Waals surface area contributed by atoms with Crippen LogP contribution in [0.3, 0.4) is 0 Å². The number of fused-ring (bicyclic) bond motifs is 2. The fourth-order valence-electron chi connectivity index (χ4n) is 3.07. The molecular formula is C22H18N2O3S. The monoisotopic (exact) mass is 390 g/mol. The topological polar surface area (TPSA) is 72.6 Å². The van der Waals surface area contributed by atoms with Gasteiger partial charge in [-0.25, -0.2) is 4.79 Å². The summed E-state index contributed by atoms with van der Waals surface area (Å²) in [6, 6.07) is 22.1. The van der Waals surface area contributed by atoms with E-state index in [0.717, 1.165) is 21.2 Å². The predicted molar refractivity (Wildman–Crippen MR) is 110 cm³/mol. The van der Waals surface area contributed by atoms with Crippen molar-refractivity contribution in [2.45, 2.75) is 16.2 Å². The van der Waals surface area contributed by atoms with Crippen LogP contribution in [0.1, 0.15) is 16.8 Å². The van der Waals surface area contributed by atoms with Gasteiger partial charge in [0.15, 0.2) is 0 Å². The Morgan fingerprint density at radius 1 is 0.893 bits per heavy atom. The highest BCUT2D eigenvalue weighted by Gasteiger charge is 2.27. The van der Waals surface area contributed by atoms with Crippen molar-refractivity contribution in [1.29, 1.82) is 0 Å². The standard InChI is InChI=1S/C22H18N2O3S/c23-16-7-5-6-15(14-16)22(26)27-13-12-21(25)24-17-8-1-3-10-19(17)28-20-11-4-2-9-18(20)24/h1-11,14H,12-13,23H2. The van der Waals surface area contributed by atoms with Crippen LogP contribution in [0.15, 0.2) is 82.6 Å². The molecule has 0 fully saturated rings. The van der Waals surface area contributed by atoms with Gasteiger partial charge in [0.2, 0.25) is 5.91 Å². The van der Waals surface area contributed by atoms with E-state index in [2.05, 4.69) is 0 Å². The molecule has 1 aliphatic rings. The van der Waals surface area contributed by atoms with Crippen molar-refractivity contribution in [3.63, 3.8) is 0 Å². The van der Waals surface area contributed by atoms with Crippen LogP contribution in [0.5, 0.6) is 0 Å². The number of carbonyl (C=O) groups is 2. The maximum atomic E-state index is 13.0. The van der Waals surface area contributed by atoms with Crippen LogP contribution in [0, 0.1) is 0 Å². The second-order valence-corrected chi connectivity index (χ2v) is 7.36. The molecule has 0 bridgehead atoms. The van der Waals surface area contributed by atoms with E-state index in [4.69, 9.17) is 10.5 Å². The highest BCUT2D eigenvalue weighted by Crippen LogP contribution is 2.48. The van der Waals surface area contributed by atoms with E-state index in [0.29, 0.717) is 11.3 Å². The van der Waals surface area contributed by atoms with E-state index >= 15 is 0 Å². The van der Waals surface area contributed by atoms with Gasteiger partial charge in [-0.2, -0.15) is 0 Å². The molecule has 1 heterocycles. The number of nitrogen functional groups attached to an aromatic ring is 1. The summed E-state index contributed by atoms with van der Waals surface area (Å²) in [5.41, 5.74) is 8.25. The SMILES string of the molecule is Nc1cccc(C(=O)OCCC(=O)N2c3ccccc3Sc3ccccc32)c1. The van der Waals surface area contributed by atoms with E-state index in [1.54, 1.807) is 40.9 Å². The second kappa shape index (κ2) is 7.78. The van der Waals surface area contributed by atoms with E-state index in [1.165, 1.54) is 0 Å². The molecular weight excluding hydrogens is 372 g/mol. The number of benzene rings is 3. The third-order valence-electron chi connectivity index (χ3n) is 4.35. The van der Waals surface area contributed by atoms with Gasteiger partial charge in [-0.15, -0.1) is 0 Å². The maximum absolute atomic E-state index is 13.0. The molecule has 0 aliphatic carbocycles. The number of carbonyl (C=O) groups excluding carboxylic acids is 2. The summed E-state index contributed by atoms with van der Waals surface area (Å²) in [5.74, 6) is -0.615. The van der Waals surface area contributed by atoms with Gasteiger partial charge in [-0.3, -0.25) is 9.69 Å². The van der Waals surface area contributed by atoms with Gasteiger partial charge in [0, 0.05) is 15.5 Å². The van der Waals surface area contributed by atoms with E-state index in [1.807, 2.05) is 48.5 Å². The Morgan fingerprint density at radius 3 is 2.18 bits per heavy atom. The fraction of sp³-hybridized carbons (Fsp3) is 0.0909. The molecule has 0 saturated heterocycles. The molecule has 0 spiro atoms. The van der Waals surface area contributed by atoms with Gasteiger partial charge in [0.05, 0.1) is 23.4 Å². The molecule has 6 heteroatoms. The highest BCUT2D eigenvalue weighted by molar-refractivity contribution is 7.99. The summed E-state index contributed by atoms with van der Waals surface area (Å²) >= 11 is 1.64. The van der Waals surface area contributed by atoms with Crippen molar-refractivity contribution in [2.24, 2.45) is 0 Å². The highest BCUT2D eigenvalue weighted by atomic mass is 32.2. The number of amides is 1. The van der Waals surface area contributed by atoms with Crippen LogP contribution in [0.2, 0.25) is 0 Å². The van der Waals surface area contributed by atoms with Gasteiger partial charge < -0.3 is 10.5 Å². The van der Waals surface area contributed by atoms with Gasteiger partial charge >= 0.3 is 5.97 Å². The quantitative estimate of drug-likeness (QED) is 0.519. The summed E-state index contributed by atoms with van der Waals surface area (Å²) in [7, 11) is 0. The Balaban J connectivity index is 1.49. The molecule has 0 unspecified atom stereocenters. The molecule has 5 nitrogen and oxygen atoms in total. The molecule has 3 aromatic rings. The number of esters is 1. The first kappa shape index (κ1) is 18.1. The van der Waals surface area contributed by atoms with Crippen molar-refractivity contribution < 1.29 is 14.3 Å². The van der Waals surface area contributed by atoms with Gasteiger partial charge in [0.1, 0.15) is 6.61 Å². The lowest BCUT2D eigenvalue weighted by Gasteiger charge is -2.31. The minimum atomic E-state index is -0.491. The van der Waals surface area contributed by atoms with Crippen LogP contribution < -0.4 is 10.6 Å². The Bertz CT molecular complexity index is 1010. The van der Waals surface area contributed by atoms with Crippen molar-refractivity contribution in [2.75, 3.05) is 17.2 Å². The number of para-hydroxylation sites is 2. The number of rotatable bonds is 4. The number of nitrogens with zero attached hydrogens (tertiary/aromatic N) is 1. The van der Waals surface area contributed by atoms with Crippen LogP contribution in [-0.4, -0.2) is 18.5 Å². The van der Waals surface area contributed by atoms with E-state index in [-0.39, 0.29) is 18.9 Å². The van der Waals surface area contributed by atoms with Crippen molar-refractivity contribution >= 4 is 40.7 Å². The van der Waals surface area contributed by atoms with Crippen LogP contribution in [-0.2, 0) is 9.53 Å². The molecule has 0 aromatic heterocycles. The summed E-state index contributed by atoms with van der Waals surface area (Å²) < 4.78 is 5.27. The van der Waals surface area contributed by atoms with Crippen LogP contribution in [0.4, 0.5) is 17.1 Å². The third-order valence-corrected chi connectivity index (χ3v) is 5.48. The number of hydrogen-bond acceptors (Lipinski definition) is 5. The summed E-state index contributed by atoms with van der Waals surface area (Å²) in [6.45, 7) is 0.000439. The fourth-order valence-corrected chi connectivity index (χ4v) is 4.12. The van der Waals surface area contributed by atoms with Crippen LogP contribution >= 0.6 is 11.8 Å². The number of hydrogen-bond donors (Lipinski definition) is 1. The molecule has 28 heavy (non-hydrogen) atoms. The second-order valence-electron chi connectivity index (χ2n) is 6.28. The molecule has 0 saturated carbocycles. The van der Waals surface area contributed by atoms with E-state index < -0.39 is 5.97 Å². The zero-order valence-electron chi connectivity index (χ0n) is 15.0. The zero-order valence-corrected chi connectivity index (χ0v) is 15.8. The molecule has 0 radical (unpaired) electrons. The maximum Gasteiger partial charge on any atom is 0.338 e. The summed E-state index contributed by atoms with van der Waals surface area (Å²) in [5, 5.41) is 0. The number of ether oxygens (including phenoxy) is 1. The minimum Gasteiger partial charge on any atom is -0.462 e. The van der Waals surface area contributed by atoms with Crippen molar-refractivity contribution in [3.8, 4) is 0 Å². The lowest BCUT2D eigenvalue weighted by atomic mass is 10.2. The first-order valence-electron chi connectivity index (χ1n) is 8.85. The van der Waals surface area contributed by atoms with Gasteiger partial charge in [0.25, 0.3) is 0 Å².